The van der Waals surface area contributed by atoms with E-state index in [4.69, 9.17) is 0 Å². The first-order chi connectivity index (χ1) is 9.64. The van der Waals surface area contributed by atoms with E-state index < -0.39 is 0 Å². The summed E-state index contributed by atoms with van der Waals surface area (Å²) >= 11 is 0. The van der Waals surface area contributed by atoms with Gasteiger partial charge in [-0.05, 0) is 55.4 Å². The van der Waals surface area contributed by atoms with Crippen LogP contribution in [0.3, 0.4) is 0 Å². The molecule has 0 amide bonds. The molecule has 0 heterocycles. The minimum atomic E-state index is 0.554. The van der Waals surface area contributed by atoms with Crippen molar-refractivity contribution < 1.29 is 0 Å². The predicted molar refractivity (Wildman–Crippen MR) is 85.7 cm³/mol. The lowest BCUT2D eigenvalue weighted by Crippen LogP contribution is -2.33. The minimum absolute atomic E-state index is 0.554. The third-order valence-corrected chi connectivity index (χ3v) is 5.24. The van der Waals surface area contributed by atoms with Gasteiger partial charge >= 0.3 is 0 Å². The monoisotopic (exact) mass is 271 g/mol. The Kier molecular flexibility index (Phi) is 4.16. The maximum absolute atomic E-state index is 4.01. The molecule has 1 nitrogen and oxygen atoms in total. The van der Waals surface area contributed by atoms with Crippen LogP contribution in [-0.2, 0) is 0 Å². The quantitative estimate of drug-likeness (QED) is 0.752. The van der Waals surface area contributed by atoms with Crippen molar-refractivity contribution >= 4 is 0 Å². The van der Waals surface area contributed by atoms with Gasteiger partial charge in [0.25, 0.3) is 0 Å². The summed E-state index contributed by atoms with van der Waals surface area (Å²) in [6.07, 6.45) is 9.68. The minimum Gasteiger partial charge on any atom is -0.307 e. The lowest BCUT2D eigenvalue weighted by atomic mass is 9.85. The third-order valence-electron chi connectivity index (χ3n) is 5.24. The molecular weight excluding hydrogens is 242 g/mol. The second kappa shape index (κ2) is 5.89. The van der Waals surface area contributed by atoms with Gasteiger partial charge in [-0.3, -0.25) is 0 Å². The first-order valence-electron chi connectivity index (χ1n) is 8.45. The van der Waals surface area contributed by atoms with Crippen LogP contribution in [0.2, 0.25) is 0 Å². The molecule has 1 aromatic carbocycles. The van der Waals surface area contributed by atoms with Crippen molar-refractivity contribution in [2.24, 2.45) is 11.3 Å². The van der Waals surface area contributed by atoms with E-state index in [-0.39, 0.29) is 0 Å². The Morgan fingerprint density at radius 2 is 1.75 bits per heavy atom. The van der Waals surface area contributed by atoms with Crippen molar-refractivity contribution in [2.75, 3.05) is 0 Å². The van der Waals surface area contributed by atoms with Crippen molar-refractivity contribution in [3.8, 4) is 0 Å². The second-order valence-electron chi connectivity index (χ2n) is 7.68. The van der Waals surface area contributed by atoms with E-state index >= 15 is 0 Å². The molecule has 2 aliphatic rings. The van der Waals surface area contributed by atoms with E-state index in [0.29, 0.717) is 11.5 Å². The zero-order chi connectivity index (χ0) is 14.0. The van der Waals surface area contributed by atoms with Gasteiger partial charge in [0, 0.05) is 12.1 Å². The van der Waals surface area contributed by atoms with Crippen LogP contribution in [0, 0.1) is 11.3 Å². The van der Waals surface area contributed by atoms with E-state index in [0.717, 1.165) is 12.0 Å². The SMILES string of the molecule is CC1(C)CCCC(NC(c2ccccc2)C2CC2)CC1. The molecule has 110 valence electrons. The number of hydrogen-bond acceptors (Lipinski definition) is 1. The molecule has 0 spiro atoms. The van der Waals surface area contributed by atoms with Gasteiger partial charge in [-0.2, -0.15) is 0 Å². The van der Waals surface area contributed by atoms with Crippen LogP contribution in [-0.4, -0.2) is 6.04 Å². The largest absolute Gasteiger partial charge is 0.307 e. The molecule has 2 fully saturated rings. The number of benzene rings is 1. The summed E-state index contributed by atoms with van der Waals surface area (Å²) in [5.74, 6) is 0.883. The molecule has 2 atom stereocenters. The summed E-state index contributed by atoms with van der Waals surface area (Å²) in [6, 6.07) is 12.4. The van der Waals surface area contributed by atoms with Crippen LogP contribution in [0.1, 0.15) is 70.4 Å². The normalized spacial score (nSPS) is 27.8. The molecule has 2 unspecified atom stereocenters. The molecule has 1 aromatic rings. The average molecular weight is 271 g/mol. The Bertz CT molecular complexity index is 419. The standard InChI is InChI=1S/C19H29N/c1-19(2)13-6-9-17(12-14-19)20-18(16-10-11-16)15-7-4-3-5-8-15/h3-5,7-8,16-18,20H,6,9-14H2,1-2H3. The van der Waals surface area contributed by atoms with Crippen LogP contribution >= 0.6 is 0 Å². The van der Waals surface area contributed by atoms with E-state index in [9.17, 15) is 0 Å². The van der Waals surface area contributed by atoms with Gasteiger partial charge in [0.15, 0.2) is 0 Å². The highest BCUT2D eigenvalue weighted by Crippen LogP contribution is 2.42. The molecule has 2 saturated carbocycles. The van der Waals surface area contributed by atoms with Gasteiger partial charge in [-0.1, -0.05) is 50.6 Å². The number of nitrogens with one attached hydrogen (secondary N) is 1. The van der Waals surface area contributed by atoms with Crippen LogP contribution in [0.4, 0.5) is 0 Å². The molecule has 1 N–H and O–H groups in total. The van der Waals surface area contributed by atoms with Gasteiger partial charge in [-0.25, -0.2) is 0 Å². The van der Waals surface area contributed by atoms with Gasteiger partial charge < -0.3 is 5.32 Å². The van der Waals surface area contributed by atoms with Crippen molar-refractivity contribution in [2.45, 2.75) is 70.9 Å². The predicted octanol–water partition coefficient (Wildman–Crippen LogP) is 5.09. The molecule has 1 heteroatoms. The van der Waals surface area contributed by atoms with Crippen LogP contribution in [0.25, 0.3) is 0 Å². The van der Waals surface area contributed by atoms with Crippen LogP contribution in [0.15, 0.2) is 30.3 Å². The summed E-state index contributed by atoms with van der Waals surface area (Å²) in [7, 11) is 0. The summed E-state index contributed by atoms with van der Waals surface area (Å²) in [6.45, 7) is 4.87. The Morgan fingerprint density at radius 1 is 1.00 bits per heavy atom. The smallest absolute Gasteiger partial charge is 0.0351 e. The Labute approximate surface area is 124 Å². The maximum Gasteiger partial charge on any atom is 0.0351 e. The molecular formula is C19H29N. The molecule has 20 heavy (non-hydrogen) atoms. The average Bonchev–Trinajstić information content (AvgIpc) is 3.26. The highest BCUT2D eigenvalue weighted by atomic mass is 15.0. The lowest BCUT2D eigenvalue weighted by molar-refractivity contribution is 0.304. The Morgan fingerprint density at radius 3 is 2.45 bits per heavy atom. The first kappa shape index (κ1) is 14.1. The molecule has 2 aliphatic carbocycles. The highest BCUT2D eigenvalue weighted by Gasteiger charge is 2.34. The molecule has 0 radical (unpaired) electrons. The first-order valence-corrected chi connectivity index (χ1v) is 8.45. The fraction of sp³-hybridized carbons (Fsp3) is 0.684. The van der Waals surface area contributed by atoms with Crippen molar-refractivity contribution in [3.05, 3.63) is 35.9 Å². The molecule has 0 bridgehead atoms. The summed E-state index contributed by atoms with van der Waals surface area (Å²) < 4.78 is 0. The fourth-order valence-corrected chi connectivity index (χ4v) is 3.68. The highest BCUT2D eigenvalue weighted by molar-refractivity contribution is 5.21. The van der Waals surface area contributed by atoms with E-state index in [1.807, 2.05) is 0 Å². The van der Waals surface area contributed by atoms with E-state index in [2.05, 4.69) is 49.5 Å². The topological polar surface area (TPSA) is 12.0 Å². The van der Waals surface area contributed by atoms with Crippen molar-refractivity contribution in [3.63, 3.8) is 0 Å². The Balaban J connectivity index is 1.65. The summed E-state index contributed by atoms with van der Waals surface area (Å²) in [5, 5.41) is 4.01. The van der Waals surface area contributed by atoms with Gasteiger partial charge in [-0.15, -0.1) is 0 Å². The van der Waals surface area contributed by atoms with E-state index in [1.165, 1.54) is 50.5 Å². The molecule has 0 aliphatic heterocycles. The van der Waals surface area contributed by atoms with E-state index in [1.54, 1.807) is 0 Å². The summed E-state index contributed by atoms with van der Waals surface area (Å²) in [4.78, 5) is 0. The molecule has 3 rings (SSSR count). The van der Waals surface area contributed by atoms with Gasteiger partial charge in [0.2, 0.25) is 0 Å². The molecule has 0 aromatic heterocycles. The zero-order valence-corrected chi connectivity index (χ0v) is 13.1. The molecule has 0 saturated heterocycles. The van der Waals surface area contributed by atoms with Gasteiger partial charge in [0.05, 0.1) is 0 Å². The Hall–Kier alpha value is -0.820. The third kappa shape index (κ3) is 3.63. The number of hydrogen-bond donors (Lipinski definition) is 1. The lowest BCUT2D eigenvalue weighted by Gasteiger charge is -2.26. The van der Waals surface area contributed by atoms with Crippen molar-refractivity contribution in [1.82, 2.24) is 5.32 Å². The maximum atomic E-state index is 4.01. The number of rotatable bonds is 4. The zero-order valence-electron chi connectivity index (χ0n) is 13.1. The van der Waals surface area contributed by atoms with Crippen LogP contribution in [0.5, 0.6) is 0 Å². The fourth-order valence-electron chi connectivity index (χ4n) is 3.68. The summed E-state index contributed by atoms with van der Waals surface area (Å²) in [5.41, 5.74) is 2.05. The van der Waals surface area contributed by atoms with Crippen molar-refractivity contribution in [1.29, 1.82) is 0 Å². The second-order valence-corrected chi connectivity index (χ2v) is 7.68. The van der Waals surface area contributed by atoms with Crippen LogP contribution < -0.4 is 5.32 Å². The van der Waals surface area contributed by atoms with Gasteiger partial charge in [0.1, 0.15) is 0 Å².